The molecule has 0 bridgehead atoms. The number of ether oxygens (including phenoxy) is 1. The van der Waals surface area contributed by atoms with Gasteiger partial charge in [-0.1, -0.05) is 18.2 Å². The number of methoxy groups -OCH3 is 1. The average Bonchev–Trinajstić information content (AvgIpc) is 2.94. The first kappa shape index (κ1) is 12.7. The van der Waals surface area contributed by atoms with Crippen LogP contribution in [0.3, 0.4) is 0 Å². The molecule has 3 nitrogen and oxygen atoms in total. The Balaban J connectivity index is 2.06. The van der Waals surface area contributed by atoms with Crippen LogP contribution in [0.2, 0.25) is 0 Å². The highest BCUT2D eigenvalue weighted by Crippen LogP contribution is 2.30. The summed E-state index contributed by atoms with van der Waals surface area (Å²) in [7, 11) is 1.41. The van der Waals surface area contributed by atoms with Crippen LogP contribution in [-0.2, 0) is 0 Å². The molecule has 0 aliphatic rings. The minimum absolute atomic E-state index is 0.167. The van der Waals surface area contributed by atoms with Gasteiger partial charge in [0.2, 0.25) is 0 Å². The van der Waals surface area contributed by atoms with E-state index < -0.39 is 11.9 Å². The summed E-state index contributed by atoms with van der Waals surface area (Å²) < 4.78 is 18.6. The quantitative estimate of drug-likeness (QED) is 0.767. The van der Waals surface area contributed by atoms with Crippen molar-refractivity contribution in [3.05, 3.63) is 65.6 Å². The molecule has 3 rings (SSSR count). The monoisotopic (exact) mass is 271 g/mol. The van der Waals surface area contributed by atoms with E-state index in [-0.39, 0.29) is 5.75 Å². The Morgan fingerprint density at radius 3 is 2.80 bits per heavy atom. The van der Waals surface area contributed by atoms with Crippen molar-refractivity contribution in [3.63, 3.8) is 0 Å². The second kappa shape index (κ2) is 4.98. The van der Waals surface area contributed by atoms with Crippen LogP contribution in [0.1, 0.15) is 17.2 Å². The fourth-order valence-electron chi connectivity index (χ4n) is 2.38. The fraction of sp³-hybridized carbons (Fsp3) is 0.125. The number of halogens is 1. The molecule has 1 unspecified atom stereocenters. The Hall–Kier alpha value is -2.33. The van der Waals surface area contributed by atoms with E-state index >= 15 is 0 Å². The molecule has 3 aromatic rings. The Morgan fingerprint density at radius 1 is 1.20 bits per heavy atom. The van der Waals surface area contributed by atoms with E-state index in [4.69, 9.17) is 4.74 Å². The second-order valence-corrected chi connectivity index (χ2v) is 4.58. The smallest absolute Gasteiger partial charge is 0.165 e. The van der Waals surface area contributed by atoms with Crippen LogP contribution in [0.5, 0.6) is 5.75 Å². The van der Waals surface area contributed by atoms with E-state index in [1.165, 1.54) is 19.2 Å². The molecule has 2 N–H and O–H groups in total. The van der Waals surface area contributed by atoms with Gasteiger partial charge in [0.05, 0.1) is 7.11 Å². The molecule has 102 valence electrons. The molecule has 0 aliphatic carbocycles. The molecule has 1 aromatic heterocycles. The highest BCUT2D eigenvalue weighted by Gasteiger charge is 2.15. The zero-order chi connectivity index (χ0) is 14.1. The van der Waals surface area contributed by atoms with Crippen LogP contribution in [-0.4, -0.2) is 17.2 Å². The molecule has 0 fully saturated rings. The Bertz CT molecular complexity index is 751. The number of aromatic nitrogens is 1. The van der Waals surface area contributed by atoms with E-state index in [2.05, 4.69) is 4.98 Å². The van der Waals surface area contributed by atoms with Crippen molar-refractivity contribution in [2.75, 3.05) is 7.11 Å². The number of fused-ring (bicyclic) bond motifs is 1. The van der Waals surface area contributed by atoms with Gasteiger partial charge in [0, 0.05) is 17.1 Å². The minimum atomic E-state index is -0.880. The summed E-state index contributed by atoms with van der Waals surface area (Å²) in [6.45, 7) is 0. The van der Waals surface area contributed by atoms with Gasteiger partial charge in [0.15, 0.2) is 11.6 Å². The average molecular weight is 271 g/mol. The number of hydrogen-bond acceptors (Lipinski definition) is 2. The molecule has 0 saturated heterocycles. The number of nitrogens with one attached hydrogen (secondary N) is 1. The lowest BCUT2D eigenvalue weighted by atomic mass is 9.98. The Labute approximate surface area is 115 Å². The molecule has 2 aromatic carbocycles. The lowest BCUT2D eigenvalue weighted by Crippen LogP contribution is -2.01. The van der Waals surface area contributed by atoms with E-state index in [9.17, 15) is 9.50 Å². The molecule has 20 heavy (non-hydrogen) atoms. The molecular formula is C16H14FNO2. The van der Waals surface area contributed by atoms with Gasteiger partial charge >= 0.3 is 0 Å². The third-order valence-electron chi connectivity index (χ3n) is 3.41. The summed E-state index contributed by atoms with van der Waals surface area (Å²) in [4.78, 5) is 3.09. The predicted octanol–water partition coefficient (Wildman–Crippen LogP) is 3.40. The van der Waals surface area contributed by atoms with Crippen molar-refractivity contribution in [2.45, 2.75) is 6.10 Å². The molecule has 0 aliphatic heterocycles. The van der Waals surface area contributed by atoms with E-state index in [1.807, 2.05) is 30.5 Å². The first-order valence-electron chi connectivity index (χ1n) is 6.28. The predicted molar refractivity (Wildman–Crippen MR) is 75.3 cm³/mol. The number of H-pyrrole nitrogens is 1. The van der Waals surface area contributed by atoms with Crippen molar-refractivity contribution in [1.82, 2.24) is 4.98 Å². The normalized spacial score (nSPS) is 12.6. The summed E-state index contributed by atoms with van der Waals surface area (Å²) >= 11 is 0. The van der Waals surface area contributed by atoms with Crippen LogP contribution in [0.15, 0.2) is 48.7 Å². The highest BCUT2D eigenvalue weighted by molar-refractivity contribution is 5.83. The first-order valence-corrected chi connectivity index (χ1v) is 6.28. The zero-order valence-corrected chi connectivity index (χ0v) is 10.9. The standard InChI is InChI=1S/C16H14FNO2/c1-20-15-6-5-10(9-13(15)17)16(19)12-3-2-4-14-11(12)7-8-18-14/h2-9,16,18-19H,1H3. The summed E-state index contributed by atoms with van der Waals surface area (Å²) in [6, 6.07) is 12.0. The molecule has 0 spiro atoms. The van der Waals surface area contributed by atoms with Crippen LogP contribution < -0.4 is 4.74 Å². The largest absolute Gasteiger partial charge is 0.494 e. The third kappa shape index (κ3) is 2.04. The summed E-state index contributed by atoms with van der Waals surface area (Å²) in [5.74, 6) is -0.314. The molecule has 0 radical (unpaired) electrons. The molecule has 0 amide bonds. The van der Waals surface area contributed by atoms with Gasteiger partial charge in [0.25, 0.3) is 0 Å². The topological polar surface area (TPSA) is 45.2 Å². The second-order valence-electron chi connectivity index (χ2n) is 4.58. The number of aliphatic hydroxyl groups is 1. The van der Waals surface area contributed by atoms with E-state index in [0.29, 0.717) is 5.56 Å². The van der Waals surface area contributed by atoms with Crippen molar-refractivity contribution < 1.29 is 14.2 Å². The maximum atomic E-state index is 13.7. The number of aromatic amines is 1. The summed E-state index contributed by atoms with van der Waals surface area (Å²) in [5, 5.41) is 11.4. The minimum Gasteiger partial charge on any atom is -0.494 e. The van der Waals surface area contributed by atoms with E-state index in [0.717, 1.165) is 16.5 Å². The van der Waals surface area contributed by atoms with Gasteiger partial charge in [-0.05, 0) is 35.4 Å². The van der Waals surface area contributed by atoms with Crippen LogP contribution >= 0.6 is 0 Å². The van der Waals surface area contributed by atoms with Crippen LogP contribution in [0.4, 0.5) is 4.39 Å². The van der Waals surface area contributed by atoms with E-state index in [1.54, 1.807) is 6.07 Å². The summed E-state index contributed by atoms with van der Waals surface area (Å²) in [6.07, 6.45) is 0.935. The maximum Gasteiger partial charge on any atom is 0.165 e. The summed E-state index contributed by atoms with van der Waals surface area (Å²) in [5.41, 5.74) is 2.18. The first-order chi connectivity index (χ1) is 9.70. The van der Waals surface area contributed by atoms with Gasteiger partial charge in [-0.25, -0.2) is 4.39 Å². The lowest BCUT2D eigenvalue weighted by molar-refractivity contribution is 0.221. The van der Waals surface area contributed by atoms with Gasteiger partial charge < -0.3 is 14.8 Å². The third-order valence-corrected chi connectivity index (χ3v) is 3.41. The van der Waals surface area contributed by atoms with Crippen molar-refractivity contribution in [1.29, 1.82) is 0 Å². The SMILES string of the molecule is COc1ccc(C(O)c2cccc3[nH]ccc23)cc1F. The Kier molecular flexibility index (Phi) is 3.16. The van der Waals surface area contributed by atoms with Gasteiger partial charge in [0.1, 0.15) is 6.10 Å². The number of hydrogen-bond donors (Lipinski definition) is 2. The number of aliphatic hydroxyl groups excluding tert-OH is 1. The number of benzene rings is 2. The van der Waals surface area contributed by atoms with Gasteiger partial charge in [-0.15, -0.1) is 0 Å². The fourth-order valence-corrected chi connectivity index (χ4v) is 2.38. The van der Waals surface area contributed by atoms with Gasteiger partial charge in [-0.2, -0.15) is 0 Å². The van der Waals surface area contributed by atoms with Crippen molar-refractivity contribution in [3.8, 4) is 5.75 Å². The molecule has 1 heterocycles. The van der Waals surface area contributed by atoms with Crippen molar-refractivity contribution in [2.24, 2.45) is 0 Å². The van der Waals surface area contributed by atoms with Crippen LogP contribution in [0, 0.1) is 5.82 Å². The maximum absolute atomic E-state index is 13.7. The molecule has 0 saturated carbocycles. The van der Waals surface area contributed by atoms with Crippen LogP contribution in [0.25, 0.3) is 10.9 Å². The lowest BCUT2D eigenvalue weighted by Gasteiger charge is -2.14. The Morgan fingerprint density at radius 2 is 2.05 bits per heavy atom. The molecule has 1 atom stereocenters. The number of rotatable bonds is 3. The van der Waals surface area contributed by atoms with Crippen molar-refractivity contribution >= 4 is 10.9 Å². The molecular weight excluding hydrogens is 257 g/mol. The van der Waals surface area contributed by atoms with Gasteiger partial charge in [-0.3, -0.25) is 0 Å². The zero-order valence-electron chi connectivity index (χ0n) is 10.9. The molecule has 4 heteroatoms. The highest BCUT2D eigenvalue weighted by atomic mass is 19.1.